The van der Waals surface area contributed by atoms with Crippen molar-refractivity contribution < 1.29 is 47.0 Å². The molecule has 0 heterocycles. The lowest BCUT2D eigenvalue weighted by Crippen LogP contribution is -2.56. The van der Waals surface area contributed by atoms with Crippen LogP contribution in [0.15, 0.2) is 0 Å². The number of hydrogen-bond acceptors (Lipinski definition) is 10. The molecule has 0 aliphatic rings. The summed E-state index contributed by atoms with van der Waals surface area (Å²) in [5.74, 6) is -2.70. The van der Waals surface area contributed by atoms with Crippen LogP contribution >= 0.6 is 0 Å². The van der Waals surface area contributed by atoms with Gasteiger partial charge in [0.25, 0.3) is 0 Å². The molecular formula is C26H50O10Si2. The van der Waals surface area contributed by atoms with E-state index in [1.165, 1.54) is 27.7 Å². The molecule has 10 nitrogen and oxygen atoms in total. The van der Waals surface area contributed by atoms with Gasteiger partial charge < -0.3 is 27.8 Å². The summed E-state index contributed by atoms with van der Waals surface area (Å²) >= 11 is 0. The van der Waals surface area contributed by atoms with Gasteiger partial charge in [-0.3, -0.25) is 19.2 Å². The zero-order chi connectivity index (χ0) is 30.3. The van der Waals surface area contributed by atoms with Crippen LogP contribution in [0.2, 0.25) is 36.3 Å². The van der Waals surface area contributed by atoms with Crippen LogP contribution in [0.1, 0.15) is 69.2 Å². The minimum atomic E-state index is -2.33. The molecule has 12 heteroatoms. The summed E-state index contributed by atoms with van der Waals surface area (Å²) in [7, 11) is -4.66. The lowest BCUT2D eigenvalue weighted by molar-refractivity contribution is -0.202. The molecule has 0 radical (unpaired) electrons. The third-order valence-electron chi connectivity index (χ3n) is 7.12. The normalized spacial score (nSPS) is 16.1. The van der Waals surface area contributed by atoms with Gasteiger partial charge in [0, 0.05) is 27.7 Å². The molecule has 0 fully saturated rings. The van der Waals surface area contributed by atoms with E-state index in [0.29, 0.717) is 0 Å². The zero-order valence-corrected chi connectivity index (χ0v) is 27.8. The second-order valence-corrected chi connectivity index (χ2v) is 22.2. The van der Waals surface area contributed by atoms with Gasteiger partial charge in [0.15, 0.2) is 41.1 Å². The number of ether oxygens (including phenoxy) is 4. The van der Waals surface area contributed by atoms with E-state index in [1.54, 1.807) is 0 Å². The first-order valence-electron chi connectivity index (χ1n) is 12.9. The molecule has 0 saturated carbocycles. The van der Waals surface area contributed by atoms with Crippen molar-refractivity contribution >= 4 is 40.5 Å². The number of rotatable bonds is 13. The highest BCUT2D eigenvalue weighted by molar-refractivity contribution is 6.74. The molecule has 0 N–H and O–H groups in total. The average molecular weight is 579 g/mol. The van der Waals surface area contributed by atoms with Gasteiger partial charge in [-0.1, -0.05) is 41.5 Å². The molecule has 0 aromatic carbocycles. The third-order valence-corrected chi connectivity index (χ3v) is 16.1. The van der Waals surface area contributed by atoms with E-state index in [0.717, 1.165) is 0 Å². The molecule has 0 aromatic rings. The summed E-state index contributed by atoms with van der Waals surface area (Å²) in [5.41, 5.74) is 0. The van der Waals surface area contributed by atoms with Gasteiger partial charge in [-0.2, -0.15) is 0 Å². The Balaban J connectivity index is 6.62. The summed E-state index contributed by atoms with van der Waals surface area (Å²) in [6, 6.07) is 0. The van der Waals surface area contributed by atoms with E-state index in [-0.39, 0.29) is 23.3 Å². The monoisotopic (exact) mass is 578 g/mol. The van der Waals surface area contributed by atoms with Crippen LogP contribution in [-0.2, 0) is 47.0 Å². The minimum Gasteiger partial charge on any atom is -0.456 e. The average Bonchev–Trinajstić information content (AvgIpc) is 2.68. The Kier molecular flexibility index (Phi) is 13.4. The van der Waals surface area contributed by atoms with Crippen LogP contribution in [0.4, 0.5) is 0 Å². The van der Waals surface area contributed by atoms with Gasteiger partial charge >= 0.3 is 23.9 Å². The Morgan fingerprint density at radius 3 is 0.947 bits per heavy atom. The van der Waals surface area contributed by atoms with E-state index in [4.69, 9.17) is 27.8 Å². The highest BCUT2D eigenvalue weighted by Crippen LogP contribution is 2.38. The SMILES string of the molecule is CC(=O)O[C@@H]([C@H](OC(C)=O)[C@@H](CO[Si](C)(C)C(C)(C)C)OC(C)=O)[C@@H](CO[Si](C)(C)C(C)(C)C)OC(C)=O. The largest absolute Gasteiger partial charge is 0.456 e. The second-order valence-electron chi connectivity index (χ2n) is 12.6. The van der Waals surface area contributed by atoms with Crippen molar-refractivity contribution in [3.8, 4) is 0 Å². The van der Waals surface area contributed by atoms with E-state index in [1.807, 2.05) is 26.2 Å². The van der Waals surface area contributed by atoms with Crippen LogP contribution in [-0.4, -0.2) is 78.1 Å². The van der Waals surface area contributed by atoms with E-state index in [2.05, 4.69) is 41.5 Å². The van der Waals surface area contributed by atoms with Gasteiger partial charge in [-0.25, -0.2) is 0 Å². The number of carbonyl (C=O) groups excluding carboxylic acids is 4. The molecule has 222 valence electrons. The maximum Gasteiger partial charge on any atom is 0.303 e. The van der Waals surface area contributed by atoms with Crippen LogP contribution in [0.25, 0.3) is 0 Å². The van der Waals surface area contributed by atoms with Crippen molar-refractivity contribution in [1.29, 1.82) is 0 Å². The van der Waals surface area contributed by atoms with Crippen molar-refractivity contribution in [1.82, 2.24) is 0 Å². The Morgan fingerprint density at radius 1 is 0.526 bits per heavy atom. The van der Waals surface area contributed by atoms with Crippen LogP contribution in [0.3, 0.4) is 0 Å². The lowest BCUT2D eigenvalue weighted by atomic mass is 10.0. The Hall–Kier alpha value is -1.77. The Labute approximate surface area is 230 Å². The molecule has 4 atom stereocenters. The summed E-state index contributed by atoms with van der Waals surface area (Å²) in [6.45, 7) is 25.0. The predicted octanol–water partition coefficient (Wildman–Crippen LogP) is 4.76. The second kappa shape index (κ2) is 14.0. The van der Waals surface area contributed by atoms with E-state index >= 15 is 0 Å². The van der Waals surface area contributed by atoms with Crippen LogP contribution in [0.5, 0.6) is 0 Å². The van der Waals surface area contributed by atoms with Gasteiger partial charge in [0.05, 0.1) is 13.2 Å². The highest BCUT2D eigenvalue weighted by Gasteiger charge is 2.47. The first kappa shape index (κ1) is 36.2. The molecule has 0 unspecified atom stereocenters. The Bertz CT molecular complexity index is 759. The summed E-state index contributed by atoms with van der Waals surface area (Å²) in [4.78, 5) is 48.7. The summed E-state index contributed by atoms with van der Waals surface area (Å²) < 4.78 is 34.9. The van der Waals surface area contributed by atoms with Crippen LogP contribution < -0.4 is 0 Å². The molecule has 0 aliphatic carbocycles. The van der Waals surface area contributed by atoms with E-state index in [9.17, 15) is 19.2 Å². The van der Waals surface area contributed by atoms with Crippen LogP contribution in [0, 0.1) is 0 Å². The minimum absolute atomic E-state index is 0.123. The van der Waals surface area contributed by atoms with Crippen molar-refractivity contribution in [2.75, 3.05) is 13.2 Å². The molecule has 0 saturated heterocycles. The fourth-order valence-electron chi connectivity index (χ4n) is 2.92. The van der Waals surface area contributed by atoms with Gasteiger partial charge in [0.1, 0.15) is 0 Å². The number of carbonyl (C=O) groups is 4. The number of hydrogen-bond donors (Lipinski definition) is 0. The molecule has 0 aromatic heterocycles. The smallest absolute Gasteiger partial charge is 0.303 e. The first-order chi connectivity index (χ1) is 16.9. The van der Waals surface area contributed by atoms with Crippen molar-refractivity contribution in [3.05, 3.63) is 0 Å². The molecule has 0 aliphatic heterocycles. The molecule has 0 amide bonds. The number of esters is 4. The van der Waals surface area contributed by atoms with Crippen molar-refractivity contribution in [2.24, 2.45) is 0 Å². The molecule has 0 rings (SSSR count). The first-order valence-corrected chi connectivity index (χ1v) is 18.7. The van der Waals surface area contributed by atoms with Crippen molar-refractivity contribution in [2.45, 2.75) is 130 Å². The van der Waals surface area contributed by atoms with E-state index < -0.39 is 64.9 Å². The van der Waals surface area contributed by atoms with Gasteiger partial charge in [-0.15, -0.1) is 0 Å². The summed E-state index contributed by atoms with van der Waals surface area (Å²) in [5, 5.41) is -0.311. The quantitative estimate of drug-likeness (QED) is 0.172. The van der Waals surface area contributed by atoms with Gasteiger partial charge in [0.2, 0.25) is 0 Å². The summed E-state index contributed by atoms with van der Waals surface area (Å²) in [6.07, 6.45) is -4.98. The Morgan fingerprint density at radius 2 is 0.763 bits per heavy atom. The molecule has 0 bridgehead atoms. The third kappa shape index (κ3) is 12.0. The zero-order valence-electron chi connectivity index (χ0n) is 25.8. The predicted molar refractivity (Wildman–Crippen MR) is 149 cm³/mol. The van der Waals surface area contributed by atoms with Crippen molar-refractivity contribution in [3.63, 3.8) is 0 Å². The lowest BCUT2D eigenvalue weighted by Gasteiger charge is -2.41. The fourth-order valence-corrected chi connectivity index (χ4v) is 4.95. The topological polar surface area (TPSA) is 124 Å². The maximum absolute atomic E-state index is 12.2. The molecular weight excluding hydrogens is 528 g/mol. The standard InChI is InChI=1S/C26H50O10Si2/c1-17(27)33-21(15-31-37(11,12)25(5,6)7)23(35-19(3)29)24(36-20(4)30)22(34-18(2)28)16-32-38(13,14)26(8,9)10/h21-24H,15-16H2,1-14H3/t21-,22-,23-,24-/m1/s1. The molecule has 38 heavy (non-hydrogen) atoms. The fraction of sp³-hybridized carbons (Fsp3) is 0.846. The highest BCUT2D eigenvalue weighted by atomic mass is 28.4. The molecule has 0 spiro atoms. The van der Waals surface area contributed by atoms with Gasteiger partial charge in [-0.05, 0) is 36.3 Å². The maximum atomic E-state index is 12.2.